The molecule has 1 aliphatic carbocycles. The number of carbonyl (C=O) groups excluding carboxylic acids is 1. The molecule has 1 heterocycles. The van der Waals surface area contributed by atoms with Gasteiger partial charge < -0.3 is 10.6 Å². The highest BCUT2D eigenvalue weighted by Gasteiger charge is 2.18. The lowest BCUT2D eigenvalue weighted by Crippen LogP contribution is -2.32. The molecule has 0 atom stereocenters. The van der Waals surface area contributed by atoms with Crippen LogP contribution in [0.4, 0.5) is 11.4 Å². The summed E-state index contributed by atoms with van der Waals surface area (Å²) in [5.74, 6) is -0.0461. The number of nitrogens with one attached hydrogen (secondary N) is 2. The average Bonchev–Trinajstić information content (AvgIpc) is 3.03. The molecule has 0 aliphatic heterocycles. The molecule has 1 fully saturated rings. The Morgan fingerprint density at radius 1 is 1.18 bits per heavy atom. The standard InChI is InChI=1S/C17H18BrN3O/c18-15-7-3-4-8-16(15)20-14-9-12(10-19-11-14)17(22)21-13-5-1-2-6-13/h3-4,7-11,13,20H,1-2,5-6H2,(H,21,22). The van der Waals surface area contributed by atoms with Crippen molar-refractivity contribution in [2.45, 2.75) is 31.7 Å². The van der Waals surface area contributed by atoms with Crippen molar-refractivity contribution in [3.8, 4) is 0 Å². The van der Waals surface area contributed by atoms with Crippen molar-refractivity contribution >= 4 is 33.2 Å². The monoisotopic (exact) mass is 359 g/mol. The minimum atomic E-state index is -0.0461. The normalized spacial score (nSPS) is 14.8. The number of nitrogens with zero attached hydrogens (tertiary/aromatic N) is 1. The molecular weight excluding hydrogens is 342 g/mol. The second-order valence-corrected chi connectivity index (χ2v) is 6.38. The Bertz CT molecular complexity index is 668. The van der Waals surface area contributed by atoms with E-state index < -0.39 is 0 Å². The Morgan fingerprint density at radius 2 is 1.95 bits per heavy atom. The average molecular weight is 360 g/mol. The Hall–Kier alpha value is -1.88. The topological polar surface area (TPSA) is 54.0 Å². The largest absolute Gasteiger partial charge is 0.353 e. The maximum absolute atomic E-state index is 12.3. The Labute approximate surface area is 138 Å². The van der Waals surface area contributed by atoms with Crippen molar-refractivity contribution in [3.05, 3.63) is 52.8 Å². The third kappa shape index (κ3) is 3.65. The van der Waals surface area contributed by atoms with Gasteiger partial charge in [0.2, 0.25) is 0 Å². The third-order valence-electron chi connectivity index (χ3n) is 3.84. The molecule has 1 aromatic carbocycles. The van der Waals surface area contributed by atoms with Gasteiger partial charge in [-0.15, -0.1) is 0 Å². The fraction of sp³-hybridized carbons (Fsp3) is 0.294. The van der Waals surface area contributed by atoms with Crippen LogP contribution in [0.25, 0.3) is 0 Å². The smallest absolute Gasteiger partial charge is 0.253 e. The first-order valence-corrected chi connectivity index (χ1v) is 8.29. The number of para-hydroxylation sites is 1. The van der Waals surface area contributed by atoms with E-state index in [1.54, 1.807) is 12.4 Å². The van der Waals surface area contributed by atoms with E-state index in [1.165, 1.54) is 12.8 Å². The summed E-state index contributed by atoms with van der Waals surface area (Å²) in [6, 6.07) is 9.99. The number of carbonyl (C=O) groups is 1. The lowest BCUT2D eigenvalue weighted by atomic mass is 10.2. The lowest BCUT2D eigenvalue weighted by Gasteiger charge is -2.13. The zero-order chi connectivity index (χ0) is 15.4. The van der Waals surface area contributed by atoms with Crippen LogP contribution in [0.2, 0.25) is 0 Å². The highest BCUT2D eigenvalue weighted by Crippen LogP contribution is 2.25. The Kier molecular flexibility index (Phi) is 4.73. The first kappa shape index (κ1) is 15.0. The van der Waals surface area contributed by atoms with E-state index in [4.69, 9.17) is 0 Å². The number of rotatable bonds is 4. The number of benzene rings is 1. The molecule has 1 aromatic heterocycles. The number of anilines is 2. The van der Waals surface area contributed by atoms with Gasteiger partial charge in [0.1, 0.15) is 0 Å². The van der Waals surface area contributed by atoms with Crippen LogP contribution in [0.3, 0.4) is 0 Å². The molecule has 1 saturated carbocycles. The highest BCUT2D eigenvalue weighted by molar-refractivity contribution is 9.10. The van der Waals surface area contributed by atoms with E-state index in [2.05, 4.69) is 31.5 Å². The fourth-order valence-electron chi connectivity index (χ4n) is 2.69. The summed E-state index contributed by atoms with van der Waals surface area (Å²) in [5, 5.41) is 6.35. The zero-order valence-electron chi connectivity index (χ0n) is 12.2. The van der Waals surface area contributed by atoms with E-state index in [0.29, 0.717) is 11.6 Å². The maximum Gasteiger partial charge on any atom is 0.253 e. The van der Waals surface area contributed by atoms with Crippen molar-refractivity contribution in [2.24, 2.45) is 0 Å². The van der Waals surface area contributed by atoms with Gasteiger partial charge in [0.15, 0.2) is 0 Å². The van der Waals surface area contributed by atoms with Crippen molar-refractivity contribution in [1.82, 2.24) is 10.3 Å². The summed E-state index contributed by atoms with van der Waals surface area (Å²) in [6.45, 7) is 0. The zero-order valence-corrected chi connectivity index (χ0v) is 13.8. The molecule has 0 radical (unpaired) electrons. The Balaban J connectivity index is 1.72. The van der Waals surface area contributed by atoms with Crippen molar-refractivity contribution in [2.75, 3.05) is 5.32 Å². The number of aromatic nitrogens is 1. The molecule has 22 heavy (non-hydrogen) atoms. The van der Waals surface area contributed by atoms with Crippen LogP contribution in [0, 0.1) is 0 Å². The van der Waals surface area contributed by atoms with Gasteiger partial charge in [0.05, 0.1) is 23.1 Å². The summed E-state index contributed by atoms with van der Waals surface area (Å²) < 4.78 is 0.968. The van der Waals surface area contributed by atoms with Crippen molar-refractivity contribution in [3.63, 3.8) is 0 Å². The SMILES string of the molecule is O=C(NC1CCCC1)c1cncc(Nc2ccccc2Br)c1. The summed E-state index contributed by atoms with van der Waals surface area (Å²) >= 11 is 3.50. The molecule has 2 aromatic rings. The Morgan fingerprint density at radius 3 is 2.73 bits per heavy atom. The molecular formula is C17H18BrN3O. The summed E-state index contributed by atoms with van der Waals surface area (Å²) in [5.41, 5.74) is 2.33. The van der Waals surface area contributed by atoms with Crippen molar-refractivity contribution < 1.29 is 4.79 Å². The van der Waals surface area contributed by atoms with Gasteiger partial charge in [-0.3, -0.25) is 9.78 Å². The van der Waals surface area contributed by atoms with Crippen LogP contribution >= 0.6 is 15.9 Å². The third-order valence-corrected chi connectivity index (χ3v) is 4.54. The molecule has 2 N–H and O–H groups in total. The summed E-state index contributed by atoms with van der Waals surface area (Å²) in [4.78, 5) is 16.5. The van der Waals surface area contributed by atoms with Gasteiger partial charge in [-0.25, -0.2) is 0 Å². The second-order valence-electron chi connectivity index (χ2n) is 5.52. The summed E-state index contributed by atoms with van der Waals surface area (Å²) in [7, 11) is 0. The minimum absolute atomic E-state index is 0.0461. The van der Waals surface area contributed by atoms with Crippen LogP contribution in [-0.4, -0.2) is 16.9 Å². The van der Waals surface area contributed by atoms with E-state index in [-0.39, 0.29) is 5.91 Å². The molecule has 0 saturated heterocycles. The molecule has 0 unspecified atom stereocenters. The highest BCUT2D eigenvalue weighted by atomic mass is 79.9. The number of halogens is 1. The van der Waals surface area contributed by atoms with Gasteiger partial charge in [-0.2, -0.15) is 0 Å². The van der Waals surface area contributed by atoms with E-state index in [1.807, 2.05) is 30.3 Å². The van der Waals surface area contributed by atoms with Gasteiger partial charge in [0, 0.05) is 16.7 Å². The van der Waals surface area contributed by atoms with Gasteiger partial charge in [-0.1, -0.05) is 25.0 Å². The van der Waals surface area contributed by atoms with Crippen LogP contribution in [0.15, 0.2) is 47.2 Å². The molecule has 0 bridgehead atoms. The first-order chi connectivity index (χ1) is 10.7. The number of amides is 1. The predicted molar refractivity (Wildman–Crippen MR) is 91.4 cm³/mol. The molecule has 3 rings (SSSR count). The maximum atomic E-state index is 12.3. The quantitative estimate of drug-likeness (QED) is 0.857. The molecule has 5 heteroatoms. The first-order valence-electron chi connectivity index (χ1n) is 7.50. The number of hydrogen-bond donors (Lipinski definition) is 2. The molecule has 114 valence electrons. The number of hydrogen-bond acceptors (Lipinski definition) is 3. The minimum Gasteiger partial charge on any atom is -0.353 e. The molecule has 0 spiro atoms. The second kappa shape index (κ2) is 6.92. The lowest BCUT2D eigenvalue weighted by molar-refractivity contribution is 0.0937. The van der Waals surface area contributed by atoms with Crippen LogP contribution in [0.1, 0.15) is 36.0 Å². The van der Waals surface area contributed by atoms with Crippen LogP contribution < -0.4 is 10.6 Å². The molecule has 1 amide bonds. The summed E-state index contributed by atoms with van der Waals surface area (Å²) in [6.07, 6.45) is 7.88. The van der Waals surface area contributed by atoms with Crippen LogP contribution in [-0.2, 0) is 0 Å². The van der Waals surface area contributed by atoms with Crippen LogP contribution in [0.5, 0.6) is 0 Å². The van der Waals surface area contributed by atoms with Gasteiger partial charge >= 0.3 is 0 Å². The van der Waals surface area contributed by atoms with E-state index >= 15 is 0 Å². The van der Waals surface area contributed by atoms with E-state index in [9.17, 15) is 4.79 Å². The number of pyridine rings is 1. The molecule has 4 nitrogen and oxygen atoms in total. The molecule has 1 aliphatic rings. The van der Waals surface area contributed by atoms with Gasteiger partial charge in [-0.05, 0) is 47.0 Å². The fourth-order valence-corrected chi connectivity index (χ4v) is 3.07. The van der Waals surface area contributed by atoms with Crippen molar-refractivity contribution in [1.29, 1.82) is 0 Å². The van der Waals surface area contributed by atoms with E-state index in [0.717, 1.165) is 28.7 Å². The predicted octanol–water partition coefficient (Wildman–Crippen LogP) is 4.26. The van der Waals surface area contributed by atoms with Gasteiger partial charge in [0.25, 0.3) is 5.91 Å².